The Bertz CT molecular complexity index is 500. The summed E-state index contributed by atoms with van der Waals surface area (Å²) in [5, 5.41) is 0.474. The predicted molar refractivity (Wildman–Crippen MR) is 83.9 cm³/mol. The van der Waals surface area contributed by atoms with Crippen LogP contribution in [0.4, 0.5) is 5.69 Å². The zero-order valence-corrected chi connectivity index (χ0v) is 13.2. The van der Waals surface area contributed by atoms with Gasteiger partial charge >= 0.3 is 0 Å². The molecule has 4 heteroatoms. The highest BCUT2D eigenvalue weighted by molar-refractivity contribution is 6.34. The Morgan fingerprint density at radius 3 is 2.45 bits per heavy atom. The van der Waals surface area contributed by atoms with E-state index in [0.717, 1.165) is 25.9 Å². The molecule has 1 aliphatic heterocycles. The topological polar surface area (TPSA) is 46.3 Å². The average molecular weight is 295 g/mol. The van der Waals surface area contributed by atoms with E-state index in [1.165, 1.54) is 0 Å². The highest BCUT2D eigenvalue weighted by Crippen LogP contribution is 2.35. The number of hydrogen-bond acceptors (Lipinski definition) is 2. The van der Waals surface area contributed by atoms with Crippen molar-refractivity contribution in [2.75, 3.05) is 18.8 Å². The molecule has 0 bridgehead atoms. The third-order valence-corrected chi connectivity index (χ3v) is 4.56. The highest BCUT2D eigenvalue weighted by Gasteiger charge is 2.31. The minimum absolute atomic E-state index is 0.00495. The van der Waals surface area contributed by atoms with Crippen LogP contribution in [0.2, 0.25) is 5.02 Å². The summed E-state index contributed by atoms with van der Waals surface area (Å²) in [5.41, 5.74) is 7.14. The van der Waals surface area contributed by atoms with E-state index in [1.54, 1.807) is 18.2 Å². The van der Waals surface area contributed by atoms with Crippen molar-refractivity contribution in [2.24, 2.45) is 11.3 Å². The molecule has 1 aromatic rings. The van der Waals surface area contributed by atoms with Crippen molar-refractivity contribution >= 4 is 23.2 Å². The normalized spacial score (nSPS) is 17.3. The van der Waals surface area contributed by atoms with Crippen molar-refractivity contribution in [1.82, 2.24) is 4.90 Å². The molecule has 1 amide bonds. The summed E-state index contributed by atoms with van der Waals surface area (Å²) in [5.74, 6) is 0.664. The number of nitrogen functional groups attached to an aromatic ring is 1. The summed E-state index contributed by atoms with van der Waals surface area (Å²) < 4.78 is 0. The van der Waals surface area contributed by atoms with Crippen LogP contribution in [0.1, 0.15) is 44.0 Å². The lowest BCUT2D eigenvalue weighted by molar-refractivity contribution is 0.0609. The van der Waals surface area contributed by atoms with E-state index in [-0.39, 0.29) is 5.91 Å². The van der Waals surface area contributed by atoms with Gasteiger partial charge in [0.25, 0.3) is 5.91 Å². The highest BCUT2D eigenvalue weighted by atomic mass is 35.5. The van der Waals surface area contributed by atoms with E-state index in [1.807, 2.05) is 4.90 Å². The quantitative estimate of drug-likeness (QED) is 0.800. The lowest BCUT2D eigenvalue weighted by atomic mass is 9.75. The SMILES string of the molecule is CC(C)(C)C1CCN(C(=O)c2cc(N)ccc2Cl)CC1. The Balaban J connectivity index is 2.07. The second-order valence-corrected chi connectivity index (χ2v) is 7.08. The van der Waals surface area contributed by atoms with E-state index in [0.29, 0.717) is 27.6 Å². The first-order valence-electron chi connectivity index (χ1n) is 7.13. The van der Waals surface area contributed by atoms with Gasteiger partial charge in [-0.2, -0.15) is 0 Å². The molecule has 2 N–H and O–H groups in total. The molecule has 2 rings (SSSR count). The Morgan fingerprint density at radius 1 is 1.30 bits per heavy atom. The first kappa shape index (κ1) is 15.2. The predicted octanol–water partition coefficient (Wildman–Crippen LogP) is 3.82. The average Bonchev–Trinajstić information content (AvgIpc) is 2.40. The maximum absolute atomic E-state index is 12.5. The molecule has 20 heavy (non-hydrogen) atoms. The summed E-state index contributed by atoms with van der Waals surface area (Å²) in [6, 6.07) is 5.07. The van der Waals surface area contributed by atoms with Crippen LogP contribution < -0.4 is 5.73 Å². The molecule has 0 atom stereocenters. The zero-order valence-electron chi connectivity index (χ0n) is 12.4. The third-order valence-electron chi connectivity index (χ3n) is 4.23. The number of carbonyl (C=O) groups is 1. The molecule has 1 fully saturated rings. The molecule has 110 valence electrons. The maximum Gasteiger partial charge on any atom is 0.255 e. The van der Waals surface area contributed by atoms with Crippen molar-refractivity contribution in [3.8, 4) is 0 Å². The van der Waals surface area contributed by atoms with Crippen molar-refractivity contribution < 1.29 is 4.79 Å². The van der Waals surface area contributed by atoms with Crippen LogP contribution >= 0.6 is 11.6 Å². The van der Waals surface area contributed by atoms with Crippen molar-refractivity contribution in [1.29, 1.82) is 0 Å². The van der Waals surface area contributed by atoms with E-state index in [9.17, 15) is 4.79 Å². The number of anilines is 1. The fourth-order valence-corrected chi connectivity index (χ4v) is 3.02. The van der Waals surface area contributed by atoms with Crippen molar-refractivity contribution in [3.05, 3.63) is 28.8 Å². The molecule has 0 saturated carbocycles. The van der Waals surface area contributed by atoms with Gasteiger partial charge < -0.3 is 10.6 Å². The van der Waals surface area contributed by atoms with Gasteiger partial charge in [-0.15, -0.1) is 0 Å². The fraction of sp³-hybridized carbons (Fsp3) is 0.562. The van der Waals surface area contributed by atoms with Crippen LogP contribution in [0.5, 0.6) is 0 Å². The molecule has 1 aromatic carbocycles. The van der Waals surface area contributed by atoms with E-state index in [2.05, 4.69) is 20.8 Å². The number of benzene rings is 1. The number of halogens is 1. The second kappa shape index (κ2) is 5.65. The Hall–Kier alpha value is -1.22. The van der Waals surface area contributed by atoms with Gasteiger partial charge in [0.15, 0.2) is 0 Å². The number of rotatable bonds is 1. The Morgan fingerprint density at radius 2 is 1.90 bits per heavy atom. The van der Waals surface area contributed by atoms with Gasteiger partial charge in [0, 0.05) is 18.8 Å². The van der Waals surface area contributed by atoms with Gasteiger partial charge in [-0.3, -0.25) is 4.79 Å². The minimum atomic E-state index is -0.00495. The largest absolute Gasteiger partial charge is 0.399 e. The molecule has 1 heterocycles. The fourth-order valence-electron chi connectivity index (χ4n) is 2.83. The number of carbonyl (C=O) groups excluding carboxylic acids is 1. The minimum Gasteiger partial charge on any atom is -0.399 e. The number of nitrogens with two attached hydrogens (primary N) is 1. The van der Waals surface area contributed by atoms with E-state index < -0.39 is 0 Å². The van der Waals surface area contributed by atoms with Gasteiger partial charge in [-0.25, -0.2) is 0 Å². The van der Waals surface area contributed by atoms with E-state index in [4.69, 9.17) is 17.3 Å². The molecule has 0 aromatic heterocycles. The summed E-state index contributed by atoms with van der Waals surface area (Å²) in [4.78, 5) is 14.4. The van der Waals surface area contributed by atoms with Crippen LogP contribution in [-0.2, 0) is 0 Å². The Labute approximate surface area is 126 Å². The van der Waals surface area contributed by atoms with Gasteiger partial charge in [-0.05, 0) is 42.4 Å². The van der Waals surface area contributed by atoms with Crippen LogP contribution in [0.25, 0.3) is 0 Å². The number of amides is 1. The lowest BCUT2D eigenvalue weighted by Gasteiger charge is -2.38. The smallest absolute Gasteiger partial charge is 0.255 e. The molecule has 1 saturated heterocycles. The molecule has 1 aliphatic rings. The molecule has 0 unspecified atom stereocenters. The first-order valence-corrected chi connectivity index (χ1v) is 7.51. The van der Waals surface area contributed by atoms with Crippen molar-refractivity contribution in [2.45, 2.75) is 33.6 Å². The molecule has 0 spiro atoms. The number of likely N-dealkylation sites (tertiary alicyclic amines) is 1. The number of hydrogen-bond donors (Lipinski definition) is 1. The molecular weight excluding hydrogens is 272 g/mol. The van der Waals surface area contributed by atoms with Crippen LogP contribution in [0, 0.1) is 11.3 Å². The molecule has 3 nitrogen and oxygen atoms in total. The van der Waals surface area contributed by atoms with Crippen molar-refractivity contribution in [3.63, 3.8) is 0 Å². The second-order valence-electron chi connectivity index (χ2n) is 6.67. The lowest BCUT2D eigenvalue weighted by Crippen LogP contribution is -2.41. The number of nitrogens with zero attached hydrogens (tertiary/aromatic N) is 1. The van der Waals surface area contributed by atoms with Gasteiger partial charge in [-0.1, -0.05) is 32.4 Å². The number of piperidine rings is 1. The summed E-state index contributed by atoms with van der Waals surface area (Å²) >= 11 is 6.11. The van der Waals surface area contributed by atoms with Crippen LogP contribution in [-0.4, -0.2) is 23.9 Å². The Kier molecular flexibility index (Phi) is 4.28. The van der Waals surface area contributed by atoms with E-state index >= 15 is 0 Å². The van der Waals surface area contributed by atoms with Gasteiger partial charge in [0.2, 0.25) is 0 Å². The standard InChI is InChI=1S/C16H23ClN2O/c1-16(2,3)11-6-8-19(9-7-11)15(20)13-10-12(18)4-5-14(13)17/h4-5,10-11H,6-9,18H2,1-3H3. The van der Waals surface area contributed by atoms with Gasteiger partial charge in [0.1, 0.15) is 0 Å². The molecular formula is C16H23ClN2O. The molecule has 0 aliphatic carbocycles. The molecule has 0 radical (unpaired) electrons. The van der Waals surface area contributed by atoms with Gasteiger partial charge in [0.05, 0.1) is 10.6 Å². The van der Waals surface area contributed by atoms with Crippen LogP contribution in [0.15, 0.2) is 18.2 Å². The third kappa shape index (κ3) is 3.26. The maximum atomic E-state index is 12.5. The van der Waals surface area contributed by atoms with Crippen LogP contribution in [0.3, 0.4) is 0 Å². The summed E-state index contributed by atoms with van der Waals surface area (Å²) in [6.07, 6.45) is 2.10. The summed E-state index contributed by atoms with van der Waals surface area (Å²) in [7, 11) is 0. The monoisotopic (exact) mass is 294 g/mol. The zero-order chi connectivity index (χ0) is 14.9. The summed E-state index contributed by atoms with van der Waals surface area (Å²) in [6.45, 7) is 8.40. The first-order chi connectivity index (χ1) is 9.29.